The quantitative estimate of drug-likeness (QED) is 0.749. The number of ether oxygens (including phenoxy) is 1. The van der Waals surface area contributed by atoms with Crippen molar-refractivity contribution in [3.8, 4) is 0 Å². The predicted molar refractivity (Wildman–Crippen MR) is 97.1 cm³/mol. The molecule has 3 unspecified atom stereocenters. The number of aliphatic hydroxyl groups is 1. The topological polar surface area (TPSA) is 58.6 Å². The van der Waals surface area contributed by atoms with Crippen LogP contribution in [-0.4, -0.2) is 30.5 Å². The lowest BCUT2D eigenvalue weighted by atomic mass is 9.45. The van der Waals surface area contributed by atoms with Crippen LogP contribution < -0.4 is 5.32 Å². The number of nitrogens with one attached hydrogen (secondary N) is 1. The highest BCUT2D eigenvalue weighted by Crippen LogP contribution is 2.66. The summed E-state index contributed by atoms with van der Waals surface area (Å²) in [6.07, 6.45) is 10.3. The molecule has 4 saturated carbocycles. The number of fused-ring (bicyclic) bond motifs is 5. The van der Waals surface area contributed by atoms with Crippen LogP contribution in [0.5, 0.6) is 0 Å². The SMILES string of the molecule is COC(=O)N[C@@H]1CCC2C3CC[C@H]4C[C@H](O)CC[C@]4(C)C3CC[C@@]21C. The Morgan fingerprint density at radius 1 is 1.00 bits per heavy atom. The average Bonchev–Trinajstić information content (AvgIpc) is 2.92. The lowest BCUT2D eigenvalue weighted by molar-refractivity contribution is -0.123. The molecule has 0 aromatic heterocycles. The maximum Gasteiger partial charge on any atom is 0.407 e. The molecule has 4 fully saturated rings. The van der Waals surface area contributed by atoms with Gasteiger partial charge in [-0.05, 0) is 92.3 Å². The van der Waals surface area contributed by atoms with Crippen LogP contribution in [-0.2, 0) is 4.74 Å². The van der Waals surface area contributed by atoms with Gasteiger partial charge in [0, 0.05) is 6.04 Å². The van der Waals surface area contributed by atoms with E-state index in [1.54, 1.807) is 0 Å². The van der Waals surface area contributed by atoms with Crippen molar-refractivity contribution in [3.05, 3.63) is 0 Å². The second kappa shape index (κ2) is 6.14. The minimum absolute atomic E-state index is 0.0661. The molecule has 4 heteroatoms. The molecule has 0 radical (unpaired) electrons. The molecule has 0 bridgehead atoms. The fourth-order valence-corrected chi connectivity index (χ4v) is 7.67. The average molecular weight is 350 g/mol. The van der Waals surface area contributed by atoms with Crippen LogP contribution in [0.15, 0.2) is 0 Å². The summed E-state index contributed by atoms with van der Waals surface area (Å²) in [5.41, 5.74) is 0.657. The number of alkyl carbamates (subject to hydrolysis) is 1. The lowest BCUT2D eigenvalue weighted by Gasteiger charge is -2.60. The smallest absolute Gasteiger partial charge is 0.407 e. The van der Waals surface area contributed by atoms with Crippen molar-refractivity contribution in [2.24, 2.45) is 34.5 Å². The van der Waals surface area contributed by atoms with Gasteiger partial charge in [0.25, 0.3) is 0 Å². The summed E-state index contributed by atoms with van der Waals surface area (Å²) in [6.45, 7) is 4.95. The maximum atomic E-state index is 11.8. The molecule has 0 aromatic carbocycles. The van der Waals surface area contributed by atoms with E-state index in [-0.39, 0.29) is 23.7 Å². The fourth-order valence-electron chi connectivity index (χ4n) is 7.67. The highest BCUT2D eigenvalue weighted by Gasteiger charge is 2.60. The van der Waals surface area contributed by atoms with Crippen molar-refractivity contribution in [1.82, 2.24) is 5.32 Å². The van der Waals surface area contributed by atoms with Gasteiger partial charge in [-0.15, -0.1) is 0 Å². The number of hydrogen-bond donors (Lipinski definition) is 2. The number of aliphatic hydroxyl groups excluding tert-OH is 1. The van der Waals surface area contributed by atoms with Gasteiger partial charge in [-0.3, -0.25) is 0 Å². The van der Waals surface area contributed by atoms with E-state index >= 15 is 0 Å². The Hall–Kier alpha value is -0.770. The molecular formula is C21H35NO3. The number of rotatable bonds is 1. The summed E-state index contributed by atoms with van der Waals surface area (Å²) in [5.74, 6) is 3.07. The van der Waals surface area contributed by atoms with Gasteiger partial charge in [-0.25, -0.2) is 4.79 Å². The minimum atomic E-state index is -0.272. The number of carbonyl (C=O) groups is 1. The van der Waals surface area contributed by atoms with Crippen LogP contribution in [0.1, 0.15) is 71.6 Å². The third-order valence-electron chi connectivity index (χ3n) is 9.12. The van der Waals surface area contributed by atoms with Crippen molar-refractivity contribution in [2.45, 2.75) is 83.8 Å². The Morgan fingerprint density at radius 2 is 1.72 bits per heavy atom. The van der Waals surface area contributed by atoms with Crippen LogP contribution in [0.2, 0.25) is 0 Å². The lowest BCUT2D eigenvalue weighted by Crippen LogP contribution is -2.56. The molecule has 0 aliphatic heterocycles. The van der Waals surface area contributed by atoms with Gasteiger partial charge in [0.1, 0.15) is 0 Å². The molecule has 0 aromatic rings. The minimum Gasteiger partial charge on any atom is -0.453 e. The van der Waals surface area contributed by atoms with Crippen molar-refractivity contribution >= 4 is 6.09 Å². The molecule has 4 aliphatic carbocycles. The van der Waals surface area contributed by atoms with Crippen molar-refractivity contribution in [2.75, 3.05) is 7.11 Å². The van der Waals surface area contributed by atoms with E-state index in [1.807, 2.05) is 0 Å². The van der Waals surface area contributed by atoms with Crippen LogP contribution in [0, 0.1) is 34.5 Å². The van der Waals surface area contributed by atoms with Gasteiger partial charge in [0.05, 0.1) is 13.2 Å². The summed E-state index contributed by atoms with van der Waals surface area (Å²) in [4.78, 5) is 11.8. The summed E-state index contributed by atoms with van der Waals surface area (Å²) in [5, 5.41) is 13.3. The Balaban J connectivity index is 1.55. The second-order valence-electron chi connectivity index (χ2n) is 9.90. The van der Waals surface area contributed by atoms with Crippen LogP contribution >= 0.6 is 0 Å². The standard InChI is InChI=1S/C21H35NO3/c1-20-10-8-14(23)12-13(20)4-5-15-16-6-7-18(22-19(24)25-3)21(16,2)11-9-17(15)20/h13-18,23H,4-12H2,1-3H3,(H,22,24)/t13-,14+,15?,16?,17?,18+,20-,21-/m0/s1. The van der Waals surface area contributed by atoms with Crippen LogP contribution in [0.4, 0.5) is 4.79 Å². The van der Waals surface area contributed by atoms with Crippen molar-refractivity contribution in [3.63, 3.8) is 0 Å². The Kier molecular flexibility index (Phi) is 4.33. The maximum absolute atomic E-state index is 11.8. The first kappa shape index (κ1) is 17.6. The molecular weight excluding hydrogens is 314 g/mol. The molecule has 0 spiro atoms. The molecule has 142 valence electrons. The second-order valence-corrected chi connectivity index (χ2v) is 9.90. The molecule has 0 saturated heterocycles. The first-order valence-electron chi connectivity index (χ1n) is 10.4. The van der Waals surface area contributed by atoms with Crippen molar-refractivity contribution in [1.29, 1.82) is 0 Å². The molecule has 2 N–H and O–H groups in total. The van der Waals surface area contributed by atoms with E-state index in [4.69, 9.17) is 4.74 Å². The van der Waals surface area contributed by atoms with Crippen molar-refractivity contribution < 1.29 is 14.6 Å². The molecule has 4 nitrogen and oxygen atoms in total. The third-order valence-corrected chi connectivity index (χ3v) is 9.12. The summed E-state index contributed by atoms with van der Waals surface area (Å²) >= 11 is 0. The number of methoxy groups -OCH3 is 1. The highest BCUT2D eigenvalue weighted by atomic mass is 16.5. The Labute approximate surface area is 152 Å². The molecule has 1 amide bonds. The Morgan fingerprint density at radius 3 is 2.48 bits per heavy atom. The molecule has 4 rings (SSSR count). The van der Waals surface area contributed by atoms with Gasteiger partial charge in [-0.2, -0.15) is 0 Å². The summed E-state index contributed by atoms with van der Waals surface area (Å²) in [7, 11) is 1.46. The molecule has 4 aliphatic rings. The summed E-state index contributed by atoms with van der Waals surface area (Å²) < 4.78 is 4.87. The third kappa shape index (κ3) is 2.62. The predicted octanol–water partition coefficient (Wildman–Crippen LogP) is 4.11. The number of carbonyl (C=O) groups excluding carboxylic acids is 1. The Bertz CT molecular complexity index is 537. The monoisotopic (exact) mass is 349 g/mol. The molecule has 8 atom stereocenters. The number of amides is 1. The van der Waals surface area contributed by atoms with E-state index in [9.17, 15) is 9.90 Å². The van der Waals surface area contributed by atoms with E-state index in [0.717, 1.165) is 37.0 Å². The largest absolute Gasteiger partial charge is 0.453 e. The van der Waals surface area contributed by atoms with Crippen LogP contribution in [0.3, 0.4) is 0 Å². The zero-order valence-electron chi connectivity index (χ0n) is 16.1. The fraction of sp³-hybridized carbons (Fsp3) is 0.952. The van der Waals surface area contributed by atoms with E-state index in [0.29, 0.717) is 11.3 Å². The van der Waals surface area contributed by atoms with E-state index in [1.165, 1.54) is 45.6 Å². The molecule has 0 heterocycles. The van der Waals surface area contributed by atoms with E-state index < -0.39 is 0 Å². The summed E-state index contributed by atoms with van der Waals surface area (Å²) in [6, 6.07) is 0.268. The van der Waals surface area contributed by atoms with Gasteiger partial charge in [-0.1, -0.05) is 13.8 Å². The zero-order valence-corrected chi connectivity index (χ0v) is 16.1. The first-order chi connectivity index (χ1) is 11.9. The zero-order chi connectivity index (χ0) is 17.8. The van der Waals surface area contributed by atoms with Gasteiger partial charge >= 0.3 is 6.09 Å². The molecule has 25 heavy (non-hydrogen) atoms. The highest BCUT2D eigenvalue weighted by molar-refractivity contribution is 5.67. The van der Waals surface area contributed by atoms with E-state index in [2.05, 4.69) is 19.2 Å². The van der Waals surface area contributed by atoms with Gasteiger partial charge < -0.3 is 15.2 Å². The van der Waals surface area contributed by atoms with Gasteiger partial charge in [0.15, 0.2) is 0 Å². The normalized spacial score (nSPS) is 51.8. The first-order valence-corrected chi connectivity index (χ1v) is 10.4. The number of hydrogen-bond acceptors (Lipinski definition) is 3. The van der Waals surface area contributed by atoms with Gasteiger partial charge in [0.2, 0.25) is 0 Å². The van der Waals surface area contributed by atoms with Crippen LogP contribution in [0.25, 0.3) is 0 Å².